The molecule has 0 bridgehead atoms. The maximum atomic E-state index is 13.6. The van der Waals surface area contributed by atoms with Gasteiger partial charge in [0.25, 0.3) is 0 Å². The number of rotatable bonds is 5. The molecule has 2 heterocycles. The van der Waals surface area contributed by atoms with Crippen LogP contribution < -0.4 is 0 Å². The molecule has 1 aromatic heterocycles. The van der Waals surface area contributed by atoms with Gasteiger partial charge in [-0.05, 0) is 44.2 Å². The van der Waals surface area contributed by atoms with E-state index in [0.29, 0.717) is 31.4 Å². The van der Waals surface area contributed by atoms with Gasteiger partial charge in [0.2, 0.25) is 0 Å². The fourth-order valence-electron chi connectivity index (χ4n) is 10.6. The molecule has 1 saturated heterocycles. The van der Waals surface area contributed by atoms with Crippen molar-refractivity contribution in [1.29, 1.82) is 0 Å². The molecule has 1 aromatic rings. The smallest absolute Gasteiger partial charge is 0.333 e. The average molecular weight is 611 g/mol. The quantitative estimate of drug-likeness (QED) is 0.206. The van der Waals surface area contributed by atoms with Crippen LogP contribution in [0.5, 0.6) is 0 Å². The van der Waals surface area contributed by atoms with Crippen molar-refractivity contribution in [2.75, 3.05) is 6.61 Å². The average Bonchev–Trinajstić information content (AvgIpc) is 3.69. The zero-order chi connectivity index (χ0) is 32.0. The monoisotopic (exact) mass is 610 g/mol. The Balaban J connectivity index is 1.56. The number of carbonyl (C=O) groups excluding carboxylic acids is 3. The SMILES string of the molecule is C/C=C(\C)C(=O)O[C@@H]1[C@@H]2OC[C@]3(C)[C@H](OC(C)=O)C[C@H](OC(C)=O)[C@@](C)([C@@H]23)[C@H]2C[C@@H](O)[C@]3(C)C(=CC[C@H]3c3ccoc3)[C@]12C. The van der Waals surface area contributed by atoms with Crippen LogP contribution in [0.2, 0.25) is 0 Å². The summed E-state index contributed by atoms with van der Waals surface area (Å²) in [6.45, 7) is 15.1. The van der Waals surface area contributed by atoms with Gasteiger partial charge in [0.15, 0.2) is 0 Å². The summed E-state index contributed by atoms with van der Waals surface area (Å²) in [5.41, 5.74) is -0.232. The lowest BCUT2D eigenvalue weighted by atomic mass is 9.36. The van der Waals surface area contributed by atoms with Crippen LogP contribution in [0.3, 0.4) is 0 Å². The molecule has 5 aliphatic rings. The molecule has 9 heteroatoms. The molecule has 9 nitrogen and oxygen atoms in total. The topological polar surface area (TPSA) is 122 Å². The van der Waals surface area contributed by atoms with Crippen LogP contribution in [0.15, 0.2) is 46.3 Å². The number of fused-ring (bicyclic) bond motifs is 4. The third-order valence-electron chi connectivity index (χ3n) is 12.7. The summed E-state index contributed by atoms with van der Waals surface area (Å²) >= 11 is 0. The predicted molar refractivity (Wildman–Crippen MR) is 159 cm³/mol. The number of allylic oxidation sites excluding steroid dienone is 2. The first-order chi connectivity index (χ1) is 20.6. The van der Waals surface area contributed by atoms with Crippen molar-refractivity contribution < 1.29 is 42.9 Å². The molecule has 240 valence electrons. The molecule has 0 unspecified atom stereocenters. The number of carbonyl (C=O) groups is 3. The first kappa shape index (κ1) is 31.1. The largest absolute Gasteiger partial charge is 0.472 e. The van der Waals surface area contributed by atoms with Gasteiger partial charge in [-0.3, -0.25) is 9.59 Å². The van der Waals surface area contributed by atoms with Gasteiger partial charge in [0.05, 0.1) is 31.3 Å². The van der Waals surface area contributed by atoms with E-state index in [1.54, 1.807) is 32.4 Å². The zero-order valence-corrected chi connectivity index (χ0v) is 27.0. The standard InChI is InChI=1S/C35H46O9/c1-9-18(2)31(39)44-30-28-29-32(5,17-41-28)26(42-19(3)36)15-27(43-20(4)37)35(29,8)24-14-25(38)33(6)22(21-12-13-40-16-21)10-11-23(33)34(24,30)7/h9,11-13,16,22,24-30,38H,10,14-15,17H2,1-8H3/b18-9+/t22-,24-,25+,26+,27-,28+,29-,30+,32+,33-,34-,35-/m0/s1. The molecule has 4 aliphatic carbocycles. The number of furan rings is 1. The molecular weight excluding hydrogens is 564 g/mol. The van der Waals surface area contributed by atoms with Gasteiger partial charge in [-0.25, -0.2) is 4.79 Å². The normalized spacial score (nSPS) is 45.8. The van der Waals surface area contributed by atoms with Crippen molar-refractivity contribution in [2.45, 2.75) is 111 Å². The van der Waals surface area contributed by atoms with Gasteiger partial charge >= 0.3 is 17.9 Å². The molecule has 0 radical (unpaired) electrons. The molecule has 0 amide bonds. The van der Waals surface area contributed by atoms with Crippen molar-refractivity contribution in [3.05, 3.63) is 47.5 Å². The maximum Gasteiger partial charge on any atom is 0.333 e. The van der Waals surface area contributed by atoms with Crippen molar-refractivity contribution in [2.24, 2.45) is 33.5 Å². The van der Waals surface area contributed by atoms with Crippen LogP contribution in [-0.2, 0) is 33.3 Å². The highest BCUT2D eigenvalue weighted by atomic mass is 16.6. The number of esters is 3. The number of hydrogen-bond acceptors (Lipinski definition) is 9. The summed E-state index contributed by atoms with van der Waals surface area (Å²) in [5, 5.41) is 12.2. The molecule has 12 atom stereocenters. The van der Waals surface area contributed by atoms with Gasteiger partial charge in [-0.1, -0.05) is 45.4 Å². The summed E-state index contributed by atoms with van der Waals surface area (Å²) < 4.78 is 30.8. The van der Waals surface area contributed by atoms with Crippen LogP contribution in [0, 0.1) is 33.5 Å². The van der Waals surface area contributed by atoms with E-state index in [2.05, 4.69) is 33.8 Å². The summed E-state index contributed by atoms with van der Waals surface area (Å²) in [6, 6.07) is 1.96. The molecule has 0 aromatic carbocycles. The lowest BCUT2D eigenvalue weighted by Gasteiger charge is -2.70. The second kappa shape index (κ2) is 10.3. The minimum absolute atomic E-state index is 0.0260. The van der Waals surface area contributed by atoms with Gasteiger partial charge in [0, 0.05) is 59.3 Å². The summed E-state index contributed by atoms with van der Waals surface area (Å²) in [4.78, 5) is 38.6. The van der Waals surface area contributed by atoms with Gasteiger partial charge in [0.1, 0.15) is 18.3 Å². The van der Waals surface area contributed by atoms with E-state index in [1.807, 2.05) is 6.07 Å². The Hall–Kier alpha value is -2.91. The Morgan fingerprint density at radius 2 is 1.66 bits per heavy atom. The van der Waals surface area contributed by atoms with Crippen LogP contribution >= 0.6 is 0 Å². The van der Waals surface area contributed by atoms with E-state index in [4.69, 9.17) is 23.4 Å². The number of ether oxygens (including phenoxy) is 4. The fraction of sp³-hybridized carbons (Fsp3) is 0.686. The van der Waals surface area contributed by atoms with E-state index in [0.717, 1.165) is 11.1 Å². The van der Waals surface area contributed by atoms with Crippen LogP contribution in [0.25, 0.3) is 0 Å². The first-order valence-electron chi connectivity index (χ1n) is 15.9. The van der Waals surface area contributed by atoms with Crippen LogP contribution in [0.4, 0.5) is 0 Å². The lowest BCUT2D eigenvalue weighted by Crippen LogP contribution is -2.74. The highest BCUT2D eigenvalue weighted by Gasteiger charge is 2.79. The lowest BCUT2D eigenvalue weighted by molar-refractivity contribution is -0.272. The van der Waals surface area contributed by atoms with Gasteiger partial charge < -0.3 is 28.5 Å². The minimum Gasteiger partial charge on any atom is -0.472 e. The third-order valence-corrected chi connectivity index (χ3v) is 12.7. The van der Waals surface area contributed by atoms with E-state index >= 15 is 0 Å². The Bertz CT molecular complexity index is 1410. The molecule has 3 saturated carbocycles. The first-order valence-corrected chi connectivity index (χ1v) is 15.9. The number of aliphatic hydroxyl groups is 1. The highest BCUT2D eigenvalue weighted by Crippen LogP contribution is 2.76. The van der Waals surface area contributed by atoms with Gasteiger partial charge in [-0.2, -0.15) is 0 Å². The molecule has 0 spiro atoms. The second-order valence-electron chi connectivity index (χ2n) is 14.7. The molecule has 6 rings (SSSR count). The molecule has 1 aliphatic heterocycles. The van der Waals surface area contributed by atoms with Crippen molar-refractivity contribution in [3.63, 3.8) is 0 Å². The summed E-state index contributed by atoms with van der Waals surface area (Å²) in [6.07, 6.45) is 5.60. The fourth-order valence-corrected chi connectivity index (χ4v) is 10.6. The number of aliphatic hydroxyl groups excluding tert-OH is 1. The van der Waals surface area contributed by atoms with Crippen LogP contribution in [0.1, 0.15) is 86.1 Å². The third kappa shape index (κ3) is 4.00. The molecule has 4 fully saturated rings. The van der Waals surface area contributed by atoms with E-state index < -0.39 is 70.1 Å². The van der Waals surface area contributed by atoms with Crippen molar-refractivity contribution >= 4 is 17.9 Å². The summed E-state index contributed by atoms with van der Waals surface area (Å²) in [5.74, 6) is -1.84. The maximum absolute atomic E-state index is 13.6. The molecular formula is C35H46O9. The van der Waals surface area contributed by atoms with Gasteiger partial charge in [-0.15, -0.1) is 0 Å². The van der Waals surface area contributed by atoms with E-state index in [9.17, 15) is 19.5 Å². The highest BCUT2D eigenvalue weighted by molar-refractivity contribution is 5.87. The Kier molecular flexibility index (Phi) is 7.28. The zero-order valence-electron chi connectivity index (χ0n) is 27.0. The van der Waals surface area contributed by atoms with E-state index in [-0.39, 0.29) is 17.8 Å². The Morgan fingerprint density at radius 3 is 2.27 bits per heavy atom. The minimum atomic E-state index is -0.774. The molecule has 1 N–H and O–H groups in total. The Labute approximate surface area is 259 Å². The van der Waals surface area contributed by atoms with Crippen molar-refractivity contribution in [3.8, 4) is 0 Å². The van der Waals surface area contributed by atoms with E-state index in [1.165, 1.54) is 13.8 Å². The van der Waals surface area contributed by atoms with Crippen molar-refractivity contribution in [1.82, 2.24) is 0 Å². The predicted octanol–water partition coefficient (Wildman–Crippen LogP) is 5.27. The summed E-state index contributed by atoms with van der Waals surface area (Å²) in [7, 11) is 0. The molecule has 44 heavy (non-hydrogen) atoms. The van der Waals surface area contributed by atoms with Crippen LogP contribution in [-0.4, -0.2) is 60.1 Å². The second-order valence-corrected chi connectivity index (χ2v) is 14.7. The Morgan fingerprint density at radius 1 is 0.977 bits per heavy atom. The number of hydrogen-bond donors (Lipinski definition) is 1.